The van der Waals surface area contributed by atoms with Crippen molar-refractivity contribution >= 4 is 57.4 Å². The first kappa shape index (κ1) is 45.4. The fourth-order valence-electron chi connectivity index (χ4n) is 7.24. The Balaban J connectivity index is 1.82. The molecule has 1 N–H and O–H groups in total. The Morgan fingerprint density at radius 1 is 0.460 bits per heavy atom. The molecule has 0 saturated heterocycles. The number of rotatable bonds is 25. The Bertz CT molecular complexity index is 1230. The van der Waals surface area contributed by atoms with Crippen molar-refractivity contribution in [3.8, 4) is 0 Å². The molecule has 286 valence electrons. The van der Waals surface area contributed by atoms with Crippen molar-refractivity contribution in [1.82, 2.24) is 0 Å². The van der Waals surface area contributed by atoms with Gasteiger partial charge in [0.25, 0.3) is 0 Å². The van der Waals surface area contributed by atoms with Crippen molar-refractivity contribution in [2.75, 3.05) is 42.7 Å². The predicted octanol–water partition coefficient (Wildman–Crippen LogP) is 7.52. The van der Waals surface area contributed by atoms with Gasteiger partial charge in [0, 0.05) is 54.7 Å². The Hall–Kier alpha value is -0.756. The summed E-state index contributed by atoms with van der Waals surface area (Å²) in [5.41, 5.74) is 0.732. The SMILES string of the molecule is CO[Si](CCC[Si](C)(C)c1ccc(CCCC(C)(O)CCC[Si](C)(C)c2ccc([Si](C)(C)CCC[Si](OC)(OC)OC)cc2)cc1)(OC)OC. The third-order valence-electron chi connectivity index (χ3n) is 11.3. The lowest BCUT2D eigenvalue weighted by atomic mass is 9.93. The molecule has 0 saturated carbocycles. The van der Waals surface area contributed by atoms with E-state index >= 15 is 0 Å². The van der Waals surface area contributed by atoms with E-state index in [-0.39, 0.29) is 0 Å². The van der Waals surface area contributed by atoms with Gasteiger partial charge in [-0.2, -0.15) is 0 Å². The monoisotopic (exact) mass is 780 g/mol. The van der Waals surface area contributed by atoms with Crippen molar-refractivity contribution < 1.29 is 31.7 Å². The molecule has 0 bridgehead atoms. The summed E-state index contributed by atoms with van der Waals surface area (Å²) >= 11 is 0. The molecule has 1 atom stereocenters. The van der Waals surface area contributed by atoms with E-state index in [0.29, 0.717) is 0 Å². The van der Waals surface area contributed by atoms with Gasteiger partial charge in [0.05, 0.1) is 29.8 Å². The van der Waals surface area contributed by atoms with E-state index in [2.05, 4.69) is 87.8 Å². The lowest BCUT2D eigenvalue weighted by Gasteiger charge is -2.29. The van der Waals surface area contributed by atoms with Crippen LogP contribution in [0.15, 0.2) is 48.5 Å². The zero-order valence-electron chi connectivity index (χ0n) is 34.0. The molecule has 2 aromatic carbocycles. The second-order valence-corrected chi connectivity index (χ2v) is 37.1. The fourth-order valence-corrected chi connectivity index (χ4v) is 18.7. The first-order valence-corrected chi connectivity index (χ1v) is 32.1. The van der Waals surface area contributed by atoms with Crippen molar-refractivity contribution in [2.24, 2.45) is 0 Å². The molecule has 0 radical (unpaired) electrons. The first-order chi connectivity index (χ1) is 23.4. The first-order valence-electron chi connectivity index (χ1n) is 18.6. The van der Waals surface area contributed by atoms with E-state index in [1.54, 1.807) is 42.7 Å². The van der Waals surface area contributed by atoms with E-state index in [1.807, 2.05) is 6.92 Å². The minimum absolute atomic E-state index is 0.626. The highest BCUT2D eigenvalue weighted by Crippen LogP contribution is 2.26. The lowest BCUT2D eigenvalue weighted by molar-refractivity contribution is 0.0393. The van der Waals surface area contributed by atoms with Crippen LogP contribution in [-0.4, -0.2) is 95.2 Å². The summed E-state index contributed by atoms with van der Waals surface area (Å²) in [5, 5.41) is 15.8. The molecule has 0 spiro atoms. The highest BCUT2D eigenvalue weighted by molar-refractivity contribution is 6.91. The molecule has 0 fully saturated rings. The number of aryl methyl sites for hydroxylation is 1. The van der Waals surface area contributed by atoms with Gasteiger partial charge in [-0.05, 0) is 38.2 Å². The van der Waals surface area contributed by atoms with Crippen LogP contribution in [0.1, 0.15) is 51.0 Å². The van der Waals surface area contributed by atoms with E-state index in [4.69, 9.17) is 26.6 Å². The zero-order valence-corrected chi connectivity index (χ0v) is 39.0. The quantitative estimate of drug-likeness (QED) is 0.105. The second-order valence-electron chi connectivity index (χ2n) is 16.4. The lowest BCUT2D eigenvalue weighted by Crippen LogP contribution is -2.46. The van der Waals surface area contributed by atoms with Gasteiger partial charge in [0.1, 0.15) is 0 Å². The van der Waals surface area contributed by atoms with Crippen LogP contribution in [0.5, 0.6) is 0 Å². The maximum Gasteiger partial charge on any atom is 0.500 e. The molecule has 12 heteroatoms. The standard InChI is InChI=1S/C38H72O7Si5/c1-38(39,27-14-18-34-19-21-35(22-20-34)47(10,11)30-16-32-49(40-2,41-3)42-4)28-15-29-46(8,9)36-23-25-37(26-24-36)48(12,13)31-17-33-50(43-5,44-6)45-7/h19-26,39H,14-18,27-33H2,1-13H3. The summed E-state index contributed by atoms with van der Waals surface area (Å²) in [6.07, 6.45) is 6.86. The van der Waals surface area contributed by atoms with Crippen LogP contribution in [0.2, 0.25) is 69.5 Å². The van der Waals surface area contributed by atoms with Crippen LogP contribution < -0.4 is 15.6 Å². The minimum Gasteiger partial charge on any atom is -0.390 e. The molecule has 50 heavy (non-hydrogen) atoms. The molecule has 7 nitrogen and oxygen atoms in total. The Labute approximate surface area is 311 Å². The number of hydrogen-bond donors (Lipinski definition) is 1. The average molecular weight is 781 g/mol. The third kappa shape index (κ3) is 13.6. The van der Waals surface area contributed by atoms with E-state index in [1.165, 1.54) is 39.3 Å². The van der Waals surface area contributed by atoms with Crippen molar-refractivity contribution in [1.29, 1.82) is 0 Å². The van der Waals surface area contributed by atoms with Crippen molar-refractivity contribution in [3.05, 3.63) is 54.1 Å². The van der Waals surface area contributed by atoms with Gasteiger partial charge in [-0.15, -0.1) is 0 Å². The normalized spacial score (nSPS) is 14.6. The van der Waals surface area contributed by atoms with Crippen LogP contribution in [-0.2, 0) is 33.0 Å². The van der Waals surface area contributed by atoms with Crippen molar-refractivity contribution in [2.45, 2.75) is 127 Å². The van der Waals surface area contributed by atoms with E-state index in [0.717, 1.165) is 57.0 Å². The molecule has 0 aliphatic heterocycles. The minimum atomic E-state index is -2.52. The molecule has 1 unspecified atom stereocenters. The van der Waals surface area contributed by atoms with Crippen LogP contribution in [0.3, 0.4) is 0 Å². The molecule has 2 aromatic rings. The molecule has 0 aliphatic rings. The van der Waals surface area contributed by atoms with Crippen LogP contribution in [0, 0.1) is 0 Å². The largest absolute Gasteiger partial charge is 0.500 e. The van der Waals surface area contributed by atoms with Gasteiger partial charge < -0.3 is 31.7 Å². The number of benzene rings is 2. The average Bonchev–Trinajstić information content (AvgIpc) is 3.09. The van der Waals surface area contributed by atoms with Crippen molar-refractivity contribution in [3.63, 3.8) is 0 Å². The van der Waals surface area contributed by atoms with Gasteiger partial charge in [0.2, 0.25) is 0 Å². The van der Waals surface area contributed by atoms with Gasteiger partial charge in [0.15, 0.2) is 0 Å². The summed E-state index contributed by atoms with van der Waals surface area (Å²) in [4.78, 5) is 0. The second kappa shape index (κ2) is 20.1. The summed E-state index contributed by atoms with van der Waals surface area (Å²) in [6, 6.07) is 24.1. The van der Waals surface area contributed by atoms with Gasteiger partial charge in [-0.3, -0.25) is 0 Å². The summed E-state index contributed by atoms with van der Waals surface area (Å²) in [5.74, 6) is 0. The van der Waals surface area contributed by atoms with Crippen LogP contribution in [0.25, 0.3) is 0 Å². The van der Waals surface area contributed by atoms with Gasteiger partial charge in [-0.1, -0.05) is 141 Å². The predicted molar refractivity (Wildman–Crippen MR) is 224 cm³/mol. The van der Waals surface area contributed by atoms with E-state index in [9.17, 15) is 5.11 Å². The topological polar surface area (TPSA) is 75.6 Å². The molecular formula is C38H72O7Si5. The molecule has 2 rings (SSSR count). The number of hydrogen-bond acceptors (Lipinski definition) is 7. The van der Waals surface area contributed by atoms with Crippen LogP contribution >= 0.6 is 0 Å². The summed E-state index contributed by atoms with van der Waals surface area (Å²) in [6.45, 7) is 16.8. The fraction of sp³-hybridized carbons (Fsp3) is 0.684. The smallest absolute Gasteiger partial charge is 0.390 e. The van der Waals surface area contributed by atoms with Gasteiger partial charge >= 0.3 is 17.6 Å². The Morgan fingerprint density at radius 2 is 0.760 bits per heavy atom. The molecular weight excluding hydrogens is 709 g/mol. The highest BCUT2D eigenvalue weighted by atomic mass is 28.4. The highest BCUT2D eigenvalue weighted by Gasteiger charge is 2.39. The molecule has 0 heterocycles. The Morgan fingerprint density at radius 3 is 1.10 bits per heavy atom. The maximum atomic E-state index is 11.3. The third-order valence-corrected chi connectivity index (χ3v) is 27.5. The van der Waals surface area contributed by atoms with Crippen LogP contribution in [0.4, 0.5) is 0 Å². The maximum absolute atomic E-state index is 11.3. The molecule has 0 aromatic heterocycles. The van der Waals surface area contributed by atoms with Gasteiger partial charge in [-0.25, -0.2) is 0 Å². The summed E-state index contributed by atoms with van der Waals surface area (Å²) in [7, 11) is 0.361. The number of aliphatic hydroxyl groups is 1. The van der Waals surface area contributed by atoms with E-state index < -0.39 is 47.4 Å². The zero-order chi connectivity index (χ0) is 37.7. The molecule has 0 aliphatic carbocycles. The summed E-state index contributed by atoms with van der Waals surface area (Å²) < 4.78 is 33.7. The molecule has 0 amide bonds. The Kier molecular flexibility index (Phi) is 18.2.